The molecule has 0 aromatic heterocycles. The van der Waals surface area contributed by atoms with E-state index in [0.29, 0.717) is 12.1 Å². The Morgan fingerprint density at radius 1 is 1.18 bits per heavy atom. The van der Waals surface area contributed by atoms with Crippen LogP contribution >= 0.6 is 18.2 Å². The van der Waals surface area contributed by atoms with Crippen molar-refractivity contribution in [2.24, 2.45) is 0 Å². The fourth-order valence-corrected chi connectivity index (χ4v) is 4.17. The number of hydrogen-bond acceptors (Lipinski definition) is 2. The van der Waals surface area contributed by atoms with E-state index in [1.807, 2.05) is 32.4 Å². The summed E-state index contributed by atoms with van der Waals surface area (Å²) in [6.07, 6.45) is 0. The number of halogens is 1. The molecule has 0 bridgehead atoms. The zero-order valence-corrected chi connectivity index (χ0v) is 9.52. The van der Waals surface area contributed by atoms with Crippen molar-refractivity contribution in [3.8, 4) is 0 Å². The minimum absolute atomic E-state index is 0.302. The van der Waals surface area contributed by atoms with Gasteiger partial charge in [0.05, 0.1) is 0 Å². The van der Waals surface area contributed by atoms with Crippen LogP contribution in [0.1, 0.15) is 27.7 Å². The zero-order valence-electron chi connectivity index (χ0n) is 7.87. The molecule has 68 valence electrons. The molecular weight excluding hydrogens is 181 g/mol. The number of hydrogen-bond donors (Lipinski definition) is 1. The first-order valence-corrected chi connectivity index (χ1v) is 6.89. The van der Waals surface area contributed by atoms with E-state index in [9.17, 15) is 4.89 Å². The Bertz CT molecular complexity index is 114. The van der Waals surface area contributed by atoms with E-state index in [-0.39, 0.29) is 0 Å². The summed E-state index contributed by atoms with van der Waals surface area (Å²) in [5, 5.41) is 0. The fourth-order valence-electron chi connectivity index (χ4n) is 1.44. The van der Waals surface area contributed by atoms with E-state index in [1.54, 1.807) is 6.66 Å². The number of nitrogens with zero attached hydrogens (tertiary/aromatic N) is 1. The molecule has 4 heteroatoms. The molecule has 0 aliphatic carbocycles. The first-order valence-electron chi connectivity index (χ1n) is 3.84. The van der Waals surface area contributed by atoms with Crippen molar-refractivity contribution < 1.29 is 4.89 Å². The lowest BCUT2D eigenvalue weighted by molar-refractivity contribution is 0.295. The smallest absolute Gasteiger partial charge is 0.214 e. The summed E-state index contributed by atoms with van der Waals surface area (Å²) in [5.41, 5.74) is 0. The van der Waals surface area contributed by atoms with Gasteiger partial charge in [0.15, 0.2) is 0 Å². The summed E-state index contributed by atoms with van der Waals surface area (Å²) in [6, 6.07) is 0.603. The second-order valence-corrected chi connectivity index (χ2v) is 7.38. The van der Waals surface area contributed by atoms with Crippen LogP contribution in [-0.4, -0.2) is 28.3 Å². The monoisotopic (exact) mass is 198 g/mol. The molecule has 0 saturated carbocycles. The summed E-state index contributed by atoms with van der Waals surface area (Å²) in [6.45, 7) is 7.52. The molecule has 0 saturated heterocycles. The highest BCUT2D eigenvalue weighted by Crippen LogP contribution is 2.61. The Morgan fingerprint density at radius 3 is 1.45 bits per heavy atom. The van der Waals surface area contributed by atoms with E-state index in [4.69, 9.17) is 11.2 Å². The third kappa shape index (κ3) is 3.71. The quantitative estimate of drug-likeness (QED) is 0.705. The van der Waals surface area contributed by atoms with Gasteiger partial charge in [-0.15, -0.1) is 4.67 Å². The van der Waals surface area contributed by atoms with Gasteiger partial charge in [0.25, 0.3) is 0 Å². The highest BCUT2D eigenvalue weighted by molar-refractivity contribution is 7.92. The van der Waals surface area contributed by atoms with Crippen LogP contribution in [-0.2, 0) is 0 Å². The lowest BCUT2D eigenvalue weighted by atomic mass is 10.3. The van der Waals surface area contributed by atoms with Crippen LogP contribution in [0, 0.1) is 0 Å². The lowest BCUT2D eigenvalue weighted by Crippen LogP contribution is -2.34. The van der Waals surface area contributed by atoms with Crippen molar-refractivity contribution in [2.75, 3.05) is 6.66 Å². The molecular formula is C7H18ClNOP+. The first-order chi connectivity index (χ1) is 4.76. The van der Waals surface area contributed by atoms with E-state index in [0.717, 1.165) is 0 Å². The molecule has 0 aliphatic heterocycles. The minimum Gasteiger partial charge on any atom is -0.214 e. The summed E-state index contributed by atoms with van der Waals surface area (Å²) >= 11 is 5.88. The largest absolute Gasteiger partial charge is 0.308 e. The van der Waals surface area contributed by atoms with Gasteiger partial charge in [-0.05, 0) is 27.7 Å². The van der Waals surface area contributed by atoms with Gasteiger partial charge in [0.1, 0.15) is 17.9 Å². The summed E-state index contributed by atoms with van der Waals surface area (Å²) in [5.74, 6) is 0. The SMILES string of the molecule is CC(C)N(C(C)C)[P+](C)(O)Cl. The van der Waals surface area contributed by atoms with Gasteiger partial charge in [-0.1, -0.05) is 0 Å². The second-order valence-electron chi connectivity index (χ2n) is 3.38. The van der Waals surface area contributed by atoms with Crippen molar-refractivity contribution >= 4 is 18.2 Å². The molecule has 1 unspecified atom stereocenters. The first kappa shape index (κ1) is 11.6. The Labute approximate surface area is 74.8 Å². The maximum atomic E-state index is 9.62. The normalized spacial score (nSPS) is 18.0. The highest BCUT2D eigenvalue weighted by atomic mass is 35.7. The van der Waals surface area contributed by atoms with E-state index in [2.05, 4.69) is 0 Å². The topological polar surface area (TPSA) is 23.5 Å². The van der Waals surface area contributed by atoms with Crippen LogP contribution in [0.25, 0.3) is 0 Å². The third-order valence-corrected chi connectivity index (χ3v) is 3.77. The van der Waals surface area contributed by atoms with Crippen molar-refractivity contribution in [2.45, 2.75) is 39.8 Å². The van der Waals surface area contributed by atoms with Crippen LogP contribution in [0.4, 0.5) is 0 Å². The fraction of sp³-hybridized carbons (Fsp3) is 1.00. The zero-order chi connectivity index (χ0) is 9.23. The predicted octanol–water partition coefficient (Wildman–Crippen LogP) is 2.73. The van der Waals surface area contributed by atoms with Crippen LogP contribution in [0.2, 0.25) is 0 Å². The highest BCUT2D eigenvalue weighted by Gasteiger charge is 2.40. The van der Waals surface area contributed by atoms with Gasteiger partial charge >= 0.3 is 6.99 Å². The number of rotatable bonds is 3. The molecule has 0 spiro atoms. The van der Waals surface area contributed by atoms with Crippen molar-refractivity contribution in [1.82, 2.24) is 4.67 Å². The summed E-state index contributed by atoms with van der Waals surface area (Å²) in [4.78, 5) is 9.62. The predicted molar refractivity (Wildman–Crippen MR) is 53.0 cm³/mol. The molecule has 0 fully saturated rings. The van der Waals surface area contributed by atoms with Gasteiger partial charge in [0.2, 0.25) is 0 Å². The lowest BCUT2D eigenvalue weighted by Gasteiger charge is -2.29. The summed E-state index contributed by atoms with van der Waals surface area (Å²) < 4.78 is 1.95. The van der Waals surface area contributed by atoms with E-state index in [1.165, 1.54) is 0 Å². The molecule has 1 N–H and O–H groups in total. The van der Waals surface area contributed by atoms with Crippen molar-refractivity contribution in [1.29, 1.82) is 0 Å². The average molecular weight is 199 g/mol. The molecule has 0 amide bonds. The van der Waals surface area contributed by atoms with Crippen molar-refractivity contribution in [3.05, 3.63) is 0 Å². The maximum Gasteiger partial charge on any atom is 0.308 e. The van der Waals surface area contributed by atoms with Gasteiger partial charge in [0, 0.05) is 12.1 Å². The Kier molecular flexibility index (Phi) is 4.28. The minimum atomic E-state index is -2.33. The molecule has 0 aliphatic rings. The van der Waals surface area contributed by atoms with Crippen LogP contribution in [0.15, 0.2) is 0 Å². The molecule has 2 nitrogen and oxygen atoms in total. The van der Waals surface area contributed by atoms with E-state index < -0.39 is 6.99 Å². The standard InChI is InChI=1S/C7H18ClNOP/c1-6(2)9(7(3)4)11(5,8)10/h6-7,10H,1-5H3/q+1. The molecule has 0 aromatic rings. The van der Waals surface area contributed by atoms with Crippen LogP contribution in [0.3, 0.4) is 0 Å². The van der Waals surface area contributed by atoms with Crippen molar-refractivity contribution in [3.63, 3.8) is 0 Å². The maximum absolute atomic E-state index is 9.62. The third-order valence-electron chi connectivity index (χ3n) is 1.48. The Morgan fingerprint density at radius 2 is 1.45 bits per heavy atom. The summed E-state index contributed by atoms with van der Waals surface area (Å²) in [7, 11) is 0. The molecule has 0 radical (unpaired) electrons. The van der Waals surface area contributed by atoms with E-state index >= 15 is 0 Å². The van der Waals surface area contributed by atoms with Gasteiger partial charge in [-0.3, -0.25) is 0 Å². The Balaban J connectivity index is 4.35. The van der Waals surface area contributed by atoms with Crippen LogP contribution < -0.4 is 0 Å². The van der Waals surface area contributed by atoms with Crippen LogP contribution in [0.5, 0.6) is 0 Å². The molecule has 0 aromatic carbocycles. The molecule has 11 heavy (non-hydrogen) atoms. The molecule has 0 rings (SSSR count). The average Bonchev–Trinajstić information content (AvgIpc) is 1.54. The van der Waals surface area contributed by atoms with Gasteiger partial charge in [-0.2, -0.15) is 0 Å². The van der Waals surface area contributed by atoms with Gasteiger partial charge < -0.3 is 0 Å². The van der Waals surface area contributed by atoms with Gasteiger partial charge in [-0.25, -0.2) is 4.89 Å². The second kappa shape index (κ2) is 4.04. The molecule has 0 heterocycles. The molecule has 1 atom stereocenters. The Hall–Kier alpha value is 0.640.